The van der Waals surface area contributed by atoms with Crippen LogP contribution in [-0.4, -0.2) is 26.2 Å². The Morgan fingerprint density at radius 3 is 2.71 bits per heavy atom. The molecule has 0 saturated heterocycles. The largest absolute Gasteiger partial charge is 0.496 e. The van der Waals surface area contributed by atoms with E-state index in [9.17, 15) is 0 Å². The molecule has 17 heavy (non-hydrogen) atoms. The standard InChI is InChI=1S/C14H23NOS/c1-5-11-10-12(6-7-14(11)16-3)13(15-2)8-9-17-4/h6-7,10,13,15H,5,8-9H2,1-4H3. The Bertz CT molecular complexity index is 341. The molecule has 1 atom stereocenters. The maximum Gasteiger partial charge on any atom is 0.122 e. The molecule has 0 aromatic heterocycles. The van der Waals surface area contributed by atoms with Gasteiger partial charge in [-0.25, -0.2) is 0 Å². The maximum absolute atomic E-state index is 5.36. The molecule has 0 radical (unpaired) electrons. The fraction of sp³-hybridized carbons (Fsp3) is 0.571. The first-order valence-corrected chi connectivity index (χ1v) is 7.49. The van der Waals surface area contributed by atoms with Gasteiger partial charge in [0.05, 0.1) is 7.11 Å². The third-order valence-electron chi connectivity index (χ3n) is 3.05. The van der Waals surface area contributed by atoms with Gasteiger partial charge in [-0.05, 0) is 49.1 Å². The third kappa shape index (κ3) is 3.93. The van der Waals surface area contributed by atoms with Crippen molar-refractivity contribution in [1.29, 1.82) is 0 Å². The van der Waals surface area contributed by atoms with E-state index in [1.165, 1.54) is 16.9 Å². The SMILES string of the molecule is CCc1cc(C(CCSC)NC)ccc1OC. The lowest BCUT2D eigenvalue weighted by atomic mass is 10.0. The zero-order chi connectivity index (χ0) is 12.7. The zero-order valence-corrected chi connectivity index (χ0v) is 12.1. The highest BCUT2D eigenvalue weighted by Gasteiger charge is 2.11. The number of aryl methyl sites for hydroxylation is 1. The molecule has 0 fully saturated rings. The molecule has 0 bridgehead atoms. The average Bonchev–Trinajstić information content (AvgIpc) is 2.39. The summed E-state index contributed by atoms with van der Waals surface area (Å²) in [5, 5.41) is 3.39. The number of hydrogen-bond acceptors (Lipinski definition) is 3. The van der Waals surface area contributed by atoms with Gasteiger partial charge in [0.1, 0.15) is 5.75 Å². The zero-order valence-electron chi connectivity index (χ0n) is 11.2. The molecule has 0 aliphatic carbocycles. The van der Waals surface area contributed by atoms with Gasteiger partial charge in [-0.3, -0.25) is 0 Å². The van der Waals surface area contributed by atoms with Crippen LogP contribution in [0.1, 0.15) is 30.5 Å². The molecule has 0 heterocycles. The van der Waals surface area contributed by atoms with Gasteiger partial charge in [0.25, 0.3) is 0 Å². The number of methoxy groups -OCH3 is 1. The van der Waals surface area contributed by atoms with Crippen LogP contribution in [0.5, 0.6) is 5.75 Å². The highest BCUT2D eigenvalue weighted by atomic mass is 32.2. The normalized spacial score (nSPS) is 12.5. The predicted molar refractivity (Wildman–Crippen MR) is 77.2 cm³/mol. The quantitative estimate of drug-likeness (QED) is 0.806. The van der Waals surface area contributed by atoms with E-state index < -0.39 is 0 Å². The van der Waals surface area contributed by atoms with Crippen molar-refractivity contribution in [2.75, 3.05) is 26.2 Å². The Hall–Kier alpha value is -0.670. The van der Waals surface area contributed by atoms with Gasteiger partial charge in [0, 0.05) is 6.04 Å². The molecule has 0 spiro atoms. The van der Waals surface area contributed by atoms with Crippen molar-refractivity contribution in [3.05, 3.63) is 29.3 Å². The number of nitrogens with one attached hydrogen (secondary N) is 1. The average molecular weight is 253 g/mol. The lowest BCUT2D eigenvalue weighted by molar-refractivity contribution is 0.409. The summed E-state index contributed by atoms with van der Waals surface area (Å²) in [5.74, 6) is 2.18. The number of benzene rings is 1. The van der Waals surface area contributed by atoms with Crippen LogP contribution in [0, 0.1) is 0 Å². The smallest absolute Gasteiger partial charge is 0.122 e. The van der Waals surface area contributed by atoms with Crippen molar-refractivity contribution in [2.45, 2.75) is 25.8 Å². The van der Waals surface area contributed by atoms with E-state index >= 15 is 0 Å². The molecule has 2 nitrogen and oxygen atoms in total. The van der Waals surface area contributed by atoms with Crippen molar-refractivity contribution in [3.63, 3.8) is 0 Å². The summed E-state index contributed by atoms with van der Waals surface area (Å²) in [6, 6.07) is 6.95. The molecule has 1 N–H and O–H groups in total. The summed E-state index contributed by atoms with van der Waals surface area (Å²) in [7, 11) is 3.76. The van der Waals surface area contributed by atoms with Gasteiger partial charge in [-0.15, -0.1) is 0 Å². The van der Waals surface area contributed by atoms with Crippen LogP contribution < -0.4 is 10.1 Å². The first-order chi connectivity index (χ1) is 8.26. The molecule has 1 unspecified atom stereocenters. The molecule has 1 aromatic rings. The molecular weight excluding hydrogens is 230 g/mol. The minimum absolute atomic E-state index is 0.443. The molecule has 0 saturated carbocycles. The van der Waals surface area contributed by atoms with Gasteiger partial charge in [0.15, 0.2) is 0 Å². The molecule has 1 aromatic carbocycles. The van der Waals surface area contributed by atoms with E-state index in [2.05, 4.69) is 36.7 Å². The summed E-state index contributed by atoms with van der Waals surface area (Å²) in [6.45, 7) is 2.16. The van der Waals surface area contributed by atoms with Crippen molar-refractivity contribution in [1.82, 2.24) is 5.32 Å². The molecule has 0 aliphatic heterocycles. The van der Waals surface area contributed by atoms with Crippen LogP contribution in [0.4, 0.5) is 0 Å². The van der Waals surface area contributed by atoms with Gasteiger partial charge in [-0.2, -0.15) is 11.8 Å². The van der Waals surface area contributed by atoms with Crippen LogP contribution >= 0.6 is 11.8 Å². The Morgan fingerprint density at radius 2 is 2.18 bits per heavy atom. The maximum atomic E-state index is 5.36. The fourth-order valence-corrected chi connectivity index (χ4v) is 2.48. The van der Waals surface area contributed by atoms with Crippen LogP contribution in [0.3, 0.4) is 0 Å². The van der Waals surface area contributed by atoms with Crippen LogP contribution in [-0.2, 0) is 6.42 Å². The van der Waals surface area contributed by atoms with Gasteiger partial charge >= 0.3 is 0 Å². The molecule has 3 heteroatoms. The number of thioether (sulfide) groups is 1. The van der Waals surface area contributed by atoms with E-state index in [0.717, 1.165) is 18.6 Å². The third-order valence-corrected chi connectivity index (χ3v) is 3.69. The monoisotopic (exact) mass is 253 g/mol. The second-order valence-electron chi connectivity index (χ2n) is 4.05. The molecule has 0 amide bonds. The lowest BCUT2D eigenvalue weighted by Gasteiger charge is -2.18. The summed E-state index contributed by atoms with van der Waals surface area (Å²) in [5.41, 5.74) is 2.65. The Kier molecular flexibility index (Phi) is 6.45. The Morgan fingerprint density at radius 1 is 1.41 bits per heavy atom. The van der Waals surface area contributed by atoms with E-state index in [1.807, 2.05) is 18.8 Å². The van der Waals surface area contributed by atoms with Crippen LogP contribution in [0.15, 0.2) is 18.2 Å². The van der Waals surface area contributed by atoms with Gasteiger partial charge < -0.3 is 10.1 Å². The van der Waals surface area contributed by atoms with E-state index in [0.29, 0.717) is 6.04 Å². The topological polar surface area (TPSA) is 21.3 Å². The summed E-state index contributed by atoms with van der Waals surface area (Å²) in [6.07, 6.45) is 4.32. The van der Waals surface area contributed by atoms with Crippen molar-refractivity contribution >= 4 is 11.8 Å². The summed E-state index contributed by atoms with van der Waals surface area (Å²) in [4.78, 5) is 0. The molecule has 1 rings (SSSR count). The van der Waals surface area contributed by atoms with Gasteiger partial charge in [-0.1, -0.05) is 19.1 Å². The van der Waals surface area contributed by atoms with Crippen molar-refractivity contribution in [3.8, 4) is 5.75 Å². The number of ether oxygens (including phenoxy) is 1. The van der Waals surface area contributed by atoms with Crippen molar-refractivity contribution in [2.24, 2.45) is 0 Å². The fourth-order valence-electron chi connectivity index (χ4n) is 2.00. The first kappa shape index (κ1) is 14.4. The summed E-state index contributed by atoms with van der Waals surface area (Å²) < 4.78 is 5.36. The lowest BCUT2D eigenvalue weighted by Crippen LogP contribution is -2.17. The van der Waals surface area contributed by atoms with Crippen LogP contribution in [0.2, 0.25) is 0 Å². The predicted octanol–water partition coefficient (Wildman–Crippen LogP) is 3.27. The van der Waals surface area contributed by atoms with Gasteiger partial charge in [0.2, 0.25) is 0 Å². The second kappa shape index (κ2) is 7.62. The second-order valence-corrected chi connectivity index (χ2v) is 5.03. The van der Waals surface area contributed by atoms with E-state index in [1.54, 1.807) is 7.11 Å². The Labute approximate surface area is 109 Å². The minimum Gasteiger partial charge on any atom is -0.496 e. The highest BCUT2D eigenvalue weighted by Crippen LogP contribution is 2.25. The van der Waals surface area contributed by atoms with E-state index in [4.69, 9.17) is 4.74 Å². The summed E-state index contributed by atoms with van der Waals surface area (Å²) >= 11 is 1.89. The Balaban J connectivity index is 2.88. The van der Waals surface area contributed by atoms with E-state index in [-0.39, 0.29) is 0 Å². The molecule has 96 valence electrons. The highest BCUT2D eigenvalue weighted by molar-refractivity contribution is 7.98. The molecule has 0 aliphatic rings. The first-order valence-electron chi connectivity index (χ1n) is 6.09. The van der Waals surface area contributed by atoms with Crippen LogP contribution in [0.25, 0.3) is 0 Å². The minimum atomic E-state index is 0.443. The number of hydrogen-bond donors (Lipinski definition) is 1. The number of rotatable bonds is 7. The van der Waals surface area contributed by atoms with Crippen molar-refractivity contribution < 1.29 is 4.74 Å². The molecular formula is C14H23NOS.